The highest BCUT2D eigenvalue weighted by molar-refractivity contribution is 5.93. The molecular formula is C19H24N2O3. The summed E-state index contributed by atoms with van der Waals surface area (Å²) in [6.45, 7) is 4.32. The van der Waals surface area contributed by atoms with E-state index in [4.69, 9.17) is 9.84 Å². The number of benzene rings is 1. The monoisotopic (exact) mass is 328 g/mol. The van der Waals surface area contributed by atoms with Crippen molar-refractivity contribution < 1.29 is 14.6 Å². The first-order chi connectivity index (χ1) is 11.6. The first kappa shape index (κ1) is 17.9. The van der Waals surface area contributed by atoms with E-state index in [9.17, 15) is 4.79 Å². The largest absolute Gasteiger partial charge is 0.477 e. The molecule has 0 aliphatic rings. The Hall–Kier alpha value is -2.40. The minimum absolute atomic E-state index is 0.0710. The van der Waals surface area contributed by atoms with E-state index >= 15 is 0 Å². The first-order valence-electron chi connectivity index (χ1n) is 8.15. The number of pyridine rings is 1. The Morgan fingerprint density at radius 1 is 1.42 bits per heavy atom. The van der Waals surface area contributed by atoms with E-state index < -0.39 is 0 Å². The molecule has 1 N–H and O–H groups in total. The number of ether oxygens (including phenoxy) is 1. The van der Waals surface area contributed by atoms with Crippen LogP contribution in [0.25, 0.3) is 17.0 Å². The van der Waals surface area contributed by atoms with Gasteiger partial charge in [0.25, 0.3) is 0 Å². The van der Waals surface area contributed by atoms with Gasteiger partial charge in [-0.25, -0.2) is 4.98 Å². The molecule has 1 aromatic carbocycles. The van der Waals surface area contributed by atoms with Crippen LogP contribution in [0.2, 0.25) is 0 Å². The molecule has 0 bridgehead atoms. The fourth-order valence-electron chi connectivity index (χ4n) is 2.17. The Kier molecular flexibility index (Phi) is 6.32. The Balaban J connectivity index is 2.31. The van der Waals surface area contributed by atoms with Gasteiger partial charge in [-0.1, -0.05) is 25.1 Å². The zero-order chi connectivity index (χ0) is 17.5. The molecule has 5 heteroatoms. The van der Waals surface area contributed by atoms with Crippen LogP contribution in [-0.4, -0.2) is 47.2 Å². The number of fused-ring (bicyclic) bond motifs is 1. The van der Waals surface area contributed by atoms with Crippen LogP contribution in [0, 0.1) is 0 Å². The molecule has 24 heavy (non-hydrogen) atoms. The van der Waals surface area contributed by atoms with Gasteiger partial charge in [0.2, 0.25) is 11.8 Å². The van der Waals surface area contributed by atoms with E-state index in [2.05, 4.69) is 4.98 Å². The first-order valence-corrected chi connectivity index (χ1v) is 8.15. The average molecular weight is 328 g/mol. The SMILES string of the molecule is CCCOc1nc2ccccc2cc1/C=C/C(=O)N(C)C(C)CO. The van der Waals surface area contributed by atoms with Crippen LogP contribution >= 0.6 is 0 Å². The summed E-state index contributed by atoms with van der Waals surface area (Å²) in [5, 5.41) is 10.1. The van der Waals surface area contributed by atoms with Gasteiger partial charge in [0.15, 0.2) is 0 Å². The zero-order valence-electron chi connectivity index (χ0n) is 14.4. The third-order valence-corrected chi connectivity index (χ3v) is 3.84. The van der Waals surface area contributed by atoms with Gasteiger partial charge in [0.1, 0.15) is 0 Å². The number of likely N-dealkylation sites (N-methyl/N-ethyl adjacent to an activating group) is 1. The Bertz CT molecular complexity index is 728. The molecule has 2 aromatic rings. The van der Waals surface area contributed by atoms with Crippen LogP contribution in [0.15, 0.2) is 36.4 Å². The van der Waals surface area contributed by atoms with Gasteiger partial charge in [-0.15, -0.1) is 0 Å². The molecule has 0 fully saturated rings. The highest BCUT2D eigenvalue weighted by atomic mass is 16.5. The van der Waals surface area contributed by atoms with E-state index in [-0.39, 0.29) is 18.6 Å². The third kappa shape index (κ3) is 4.32. The van der Waals surface area contributed by atoms with Crippen LogP contribution in [-0.2, 0) is 4.79 Å². The van der Waals surface area contributed by atoms with Crippen molar-refractivity contribution in [1.82, 2.24) is 9.88 Å². The molecule has 1 aromatic heterocycles. The number of para-hydroxylation sites is 1. The number of aromatic nitrogens is 1. The Labute approximate surface area is 142 Å². The maximum atomic E-state index is 12.2. The maximum Gasteiger partial charge on any atom is 0.246 e. The number of hydrogen-bond acceptors (Lipinski definition) is 4. The van der Waals surface area contributed by atoms with Gasteiger partial charge < -0.3 is 14.7 Å². The van der Waals surface area contributed by atoms with Crippen LogP contribution in [0.4, 0.5) is 0 Å². The summed E-state index contributed by atoms with van der Waals surface area (Å²) in [5.74, 6) is 0.351. The van der Waals surface area contributed by atoms with Gasteiger partial charge in [-0.3, -0.25) is 4.79 Å². The van der Waals surface area contributed by atoms with Crippen LogP contribution in [0.5, 0.6) is 5.88 Å². The van der Waals surface area contributed by atoms with Crippen LogP contribution < -0.4 is 4.74 Å². The third-order valence-electron chi connectivity index (χ3n) is 3.84. The molecule has 2 rings (SSSR count). The van der Waals surface area contributed by atoms with E-state index in [1.807, 2.05) is 37.3 Å². The number of carbonyl (C=O) groups excluding carboxylic acids is 1. The second-order valence-electron chi connectivity index (χ2n) is 5.74. The van der Waals surface area contributed by atoms with Crippen molar-refractivity contribution in [2.24, 2.45) is 0 Å². The average Bonchev–Trinajstić information content (AvgIpc) is 2.62. The second kappa shape index (κ2) is 8.45. The molecule has 0 aliphatic carbocycles. The second-order valence-corrected chi connectivity index (χ2v) is 5.74. The lowest BCUT2D eigenvalue weighted by Crippen LogP contribution is -2.36. The lowest BCUT2D eigenvalue weighted by molar-refractivity contribution is -0.127. The molecule has 0 aliphatic heterocycles. The van der Waals surface area contributed by atoms with Gasteiger partial charge in [0, 0.05) is 24.1 Å². The lowest BCUT2D eigenvalue weighted by atomic mass is 10.1. The number of nitrogens with zero attached hydrogens (tertiary/aromatic N) is 2. The minimum atomic E-state index is -0.229. The number of amides is 1. The zero-order valence-corrected chi connectivity index (χ0v) is 14.4. The van der Waals surface area contributed by atoms with Crippen molar-refractivity contribution in [2.75, 3.05) is 20.3 Å². The fourth-order valence-corrected chi connectivity index (χ4v) is 2.17. The Morgan fingerprint density at radius 3 is 2.88 bits per heavy atom. The molecule has 1 unspecified atom stereocenters. The number of aliphatic hydroxyl groups excluding tert-OH is 1. The van der Waals surface area contributed by atoms with Crippen LogP contribution in [0.3, 0.4) is 0 Å². The molecule has 5 nitrogen and oxygen atoms in total. The minimum Gasteiger partial charge on any atom is -0.477 e. The van der Waals surface area contributed by atoms with E-state index in [0.29, 0.717) is 12.5 Å². The van der Waals surface area contributed by atoms with Gasteiger partial charge in [0.05, 0.1) is 24.8 Å². The summed E-state index contributed by atoms with van der Waals surface area (Å²) in [6, 6.07) is 9.53. The van der Waals surface area contributed by atoms with E-state index in [1.54, 1.807) is 20.0 Å². The number of rotatable bonds is 7. The van der Waals surface area contributed by atoms with E-state index in [1.165, 1.54) is 11.0 Å². The van der Waals surface area contributed by atoms with Crippen molar-refractivity contribution >= 4 is 22.9 Å². The normalized spacial score (nSPS) is 12.5. The Morgan fingerprint density at radius 2 is 2.17 bits per heavy atom. The standard InChI is InChI=1S/C19H24N2O3/c1-4-11-24-19-16(9-10-18(23)21(3)14(2)13-22)12-15-7-5-6-8-17(15)20-19/h5-10,12,14,22H,4,11,13H2,1-3H3/b10-9+. The molecule has 0 saturated carbocycles. The lowest BCUT2D eigenvalue weighted by Gasteiger charge is -2.21. The van der Waals surface area contributed by atoms with Crippen molar-refractivity contribution in [3.05, 3.63) is 42.0 Å². The predicted molar refractivity (Wildman–Crippen MR) is 95.9 cm³/mol. The molecule has 1 atom stereocenters. The van der Waals surface area contributed by atoms with Crippen LogP contribution in [0.1, 0.15) is 25.8 Å². The number of hydrogen-bond donors (Lipinski definition) is 1. The molecule has 0 spiro atoms. The summed E-state index contributed by atoms with van der Waals surface area (Å²) in [5.41, 5.74) is 1.62. The van der Waals surface area contributed by atoms with Gasteiger partial charge in [-0.05, 0) is 31.6 Å². The van der Waals surface area contributed by atoms with E-state index in [0.717, 1.165) is 22.9 Å². The quantitative estimate of drug-likeness (QED) is 0.794. The van der Waals surface area contributed by atoms with Gasteiger partial charge >= 0.3 is 0 Å². The molecule has 128 valence electrons. The van der Waals surface area contributed by atoms with Crippen molar-refractivity contribution in [3.8, 4) is 5.88 Å². The maximum absolute atomic E-state index is 12.2. The van der Waals surface area contributed by atoms with Crippen molar-refractivity contribution in [1.29, 1.82) is 0 Å². The predicted octanol–water partition coefficient (Wildman–Crippen LogP) is 2.88. The summed E-state index contributed by atoms with van der Waals surface area (Å²) in [6.07, 6.45) is 4.08. The highest BCUT2D eigenvalue weighted by Gasteiger charge is 2.12. The smallest absolute Gasteiger partial charge is 0.246 e. The summed E-state index contributed by atoms with van der Waals surface area (Å²) < 4.78 is 5.73. The summed E-state index contributed by atoms with van der Waals surface area (Å²) >= 11 is 0. The molecule has 1 heterocycles. The summed E-state index contributed by atoms with van der Waals surface area (Å²) in [4.78, 5) is 18.2. The number of carbonyl (C=O) groups is 1. The fraction of sp³-hybridized carbons (Fsp3) is 0.368. The summed E-state index contributed by atoms with van der Waals surface area (Å²) in [7, 11) is 1.67. The number of aliphatic hydroxyl groups is 1. The van der Waals surface area contributed by atoms with Gasteiger partial charge in [-0.2, -0.15) is 0 Å². The molecule has 0 saturated heterocycles. The van der Waals surface area contributed by atoms with Crippen molar-refractivity contribution in [3.63, 3.8) is 0 Å². The molecule has 0 radical (unpaired) electrons. The molecular weight excluding hydrogens is 304 g/mol. The molecule has 1 amide bonds. The highest BCUT2D eigenvalue weighted by Crippen LogP contribution is 2.23. The van der Waals surface area contributed by atoms with Crippen molar-refractivity contribution in [2.45, 2.75) is 26.3 Å². The topological polar surface area (TPSA) is 62.7 Å².